The van der Waals surface area contributed by atoms with Gasteiger partial charge in [-0.25, -0.2) is 0 Å². The minimum Gasteiger partial charge on any atom is -0.409 e. The van der Waals surface area contributed by atoms with Gasteiger partial charge in [0.1, 0.15) is 6.10 Å². The fraction of sp³-hybridized carbons (Fsp3) is 0.833. The lowest BCUT2D eigenvalue weighted by atomic mass is 9.97. The summed E-state index contributed by atoms with van der Waals surface area (Å²) in [5.41, 5.74) is 5.67. The van der Waals surface area contributed by atoms with Gasteiger partial charge in [0.25, 0.3) is 5.91 Å². The second-order valence-corrected chi connectivity index (χ2v) is 5.13. The molecule has 0 aromatic rings. The Morgan fingerprint density at radius 3 is 2.83 bits per heavy atom. The van der Waals surface area contributed by atoms with Crippen molar-refractivity contribution >= 4 is 11.7 Å². The number of nitrogens with zero attached hydrogens (tertiary/aromatic N) is 2. The second-order valence-electron chi connectivity index (χ2n) is 5.13. The Morgan fingerprint density at radius 2 is 2.22 bits per heavy atom. The van der Waals surface area contributed by atoms with Crippen LogP contribution in [0.5, 0.6) is 0 Å². The van der Waals surface area contributed by atoms with Gasteiger partial charge in [-0.1, -0.05) is 12.1 Å². The summed E-state index contributed by atoms with van der Waals surface area (Å²) in [4.78, 5) is 14.2. The first-order valence-electron chi connectivity index (χ1n) is 6.54. The third-order valence-corrected chi connectivity index (χ3v) is 3.87. The maximum absolute atomic E-state index is 12.5. The van der Waals surface area contributed by atoms with Crippen LogP contribution in [-0.4, -0.2) is 47.1 Å². The summed E-state index contributed by atoms with van der Waals surface area (Å²) >= 11 is 0. The standard InChI is InChI=1S/C12H21N3O3/c1-8-5-7-18-10(8)12(16)15-6-3-2-4-9(15)11(13)14-17/h8-10,17H,2-7H2,1H3,(H2,13,14). The quantitative estimate of drug-likeness (QED) is 0.326. The van der Waals surface area contributed by atoms with Crippen molar-refractivity contribution in [1.29, 1.82) is 0 Å². The van der Waals surface area contributed by atoms with Crippen molar-refractivity contribution in [3.8, 4) is 0 Å². The zero-order chi connectivity index (χ0) is 13.1. The van der Waals surface area contributed by atoms with E-state index in [1.54, 1.807) is 4.90 Å². The average molecular weight is 255 g/mol. The minimum atomic E-state index is -0.364. The van der Waals surface area contributed by atoms with Gasteiger partial charge >= 0.3 is 0 Å². The normalized spacial score (nSPS) is 33.7. The number of ether oxygens (including phenoxy) is 1. The number of amidine groups is 1. The molecule has 18 heavy (non-hydrogen) atoms. The van der Waals surface area contributed by atoms with Gasteiger partial charge in [0.15, 0.2) is 5.84 Å². The molecular formula is C12H21N3O3. The highest BCUT2D eigenvalue weighted by molar-refractivity contribution is 5.91. The van der Waals surface area contributed by atoms with Gasteiger partial charge in [0, 0.05) is 13.2 Å². The molecule has 2 aliphatic rings. The van der Waals surface area contributed by atoms with Crippen LogP contribution >= 0.6 is 0 Å². The molecule has 6 heteroatoms. The summed E-state index contributed by atoms with van der Waals surface area (Å²) < 4.78 is 5.51. The first kappa shape index (κ1) is 13.1. The van der Waals surface area contributed by atoms with Crippen LogP contribution in [-0.2, 0) is 9.53 Å². The summed E-state index contributed by atoms with van der Waals surface area (Å²) in [5.74, 6) is 0.345. The second kappa shape index (κ2) is 5.56. The predicted octanol–water partition coefficient (Wildman–Crippen LogP) is 0.539. The number of piperidine rings is 1. The average Bonchev–Trinajstić information content (AvgIpc) is 2.83. The maximum atomic E-state index is 12.5. The molecule has 0 aliphatic carbocycles. The third kappa shape index (κ3) is 2.43. The summed E-state index contributed by atoms with van der Waals surface area (Å²) in [5, 5.41) is 11.8. The number of likely N-dealkylation sites (tertiary alicyclic amines) is 1. The zero-order valence-corrected chi connectivity index (χ0v) is 10.7. The molecule has 0 radical (unpaired) electrons. The van der Waals surface area contributed by atoms with Crippen molar-refractivity contribution in [3.63, 3.8) is 0 Å². The third-order valence-electron chi connectivity index (χ3n) is 3.87. The molecule has 102 valence electrons. The van der Waals surface area contributed by atoms with Gasteiger partial charge in [0.05, 0.1) is 6.04 Å². The van der Waals surface area contributed by atoms with E-state index >= 15 is 0 Å². The van der Waals surface area contributed by atoms with Crippen molar-refractivity contribution in [2.45, 2.75) is 44.8 Å². The number of hydrogen-bond donors (Lipinski definition) is 2. The van der Waals surface area contributed by atoms with E-state index in [1.165, 1.54) is 0 Å². The van der Waals surface area contributed by atoms with Crippen molar-refractivity contribution in [1.82, 2.24) is 4.90 Å². The van der Waals surface area contributed by atoms with Crippen molar-refractivity contribution in [2.24, 2.45) is 16.8 Å². The molecule has 2 saturated heterocycles. The molecule has 6 nitrogen and oxygen atoms in total. The Labute approximate surface area is 107 Å². The first-order chi connectivity index (χ1) is 8.65. The van der Waals surface area contributed by atoms with Gasteiger partial charge in [-0.05, 0) is 31.6 Å². The molecule has 2 fully saturated rings. The van der Waals surface area contributed by atoms with Gasteiger partial charge < -0.3 is 20.6 Å². The van der Waals surface area contributed by atoms with Crippen molar-refractivity contribution in [3.05, 3.63) is 0 Å². The van der Waals surface area contributed by atoms with Crippen LogP contribution in [0.4, 0.5) is 0 Å². The molecule has 0 spiro atoms. The molecule has 3 unspecified atom stereocenters. The number of carbonyl (C=O) groups excluding carboxylic acids is 1. The minimum absolute atomic E-state index is 0.0173. The van der Waals surface area contributed by atoms with Crippen LogP contribution in [0.25, 0.3) is 0 Å². The lowest BCUT2D eigenvalue weighted by Crippen LogP contribution is -2.54. The number of oxime groups is 1. The largest absolute Gasteiger partial charge is 0.409 e. The van der Waals surface area contributed by atoms with Gasteiger partial charge in [-0.3, -0.25) is 4.79 Å². The molecule has 2 aliphatic heterocycles. The smallest absolute Gasteiger partial charge is 0.252 e. The van der Waals surface area contributed by atoms with Crippen LogP contribution in [0, 0.1) is 5.92 Å². The van der Waals surface area contributed by atoms with E-state index in [9.17, 15) is 4.79 Å². The Morgan fingerprint density at radius 1 is 1.44 bits per heavy atom. The van der Waals surface area contributed by atoms with Gasteiger partial charge in [-0.15, -0.1) is 0 Å². The number of amides is 1. The highest BCUT2D eigenvalue weighted by Crippen LogP contribution is 2.25. The SMILES string of the molecule is CC1CCOC1C(=O)N1CCCCC1C(N)=NO. The Kier molecular flexibility index (Phi) is 4.06. The highest BCUT2D eigenvalue weighted by atomic mass is 16.5. The van der Waals surface area contributed by atoms with Crippen LogP contribution in [0.3, 0.4) is 0 Å². The van der Waals surface area contributed by atoms with Crippen molar-refractivity contribution < 1.29 is 14.7 Å². The van der Waals surface area contributed by atoms with E-state index in [0.29, 0.717) is 13.2 Å². The van der Waals surface area contributed by atoms with Crippen LogP contribution in [0.1, 0.15) is 32.6 Å². The Bertz CT molecular complexity index is 345. The lowest BCUT2D eigenvalue weighted by Gasteiger charge is -2.36. The number of hydrogen-bond acceptors (Lipinski definition) is 4. The molecule has 0 aromatic carbocycles. The molecule has 0 bridgehead atoms. The molecule has 1 amide bonds. The maximum Gasteiger partial charge on any atom is 0.252 e. The monoisotopic (exact) mass is 255 g/mol. The van der Waals surface area contributed by atoms with E-state index in [4.69, 9.17) is 15.7 Å². The predicted molar refractivity (Wildman–Crippen MR) is 66.3 cm³/mol. The molecule has 2 heterocycles. The van der Waals surface area contributed by atoms with E-state index in [2.05, 4.69) is 5.16 Å². The zero-order valence-electron chi connectivity index (χ0n) is 10.7. The Balaban J connectivity index is 2.11. The summed E-state index contributed by atoms with van der Waals surface area (Å²) in [6.45, 7) is 3.32. The Hall–Kier alpha value is -1.30. The van der Waals surface area contributed by atoms with Crippen LogP contribution < -0.4 is 5.73 Å². The van der Waals surface area contributed by atoms with Gasteiger partial charge in [-0.2, -0.15) is 0 Å². The molecule has 2 rings (SSSR count). The number of rotatable bonds is 2. The van der Waals surface area contributed by atoms with E-state index in [1.807, 2.05) is 6.92 Å². The number of nitrogens with two attached hydrogens (primary N) is 1. The fourth-order valence-electron chi connectivity index (χ4n) is 2.74. The van der Waals surface area contributed by atoms with E-state index in [0.717, 1.165) is 25.7 Å². The summed E-state index contributed by atoms with van der Waals surface area (Å²) in [6, 6.07) is -0.285. The van der Waals surface area contributed by atoms with Crippen molar-refractivity contribution in [2.75, 3.05) is 13.2 Å². The van der Waals surface area contributed by atoms with E-state index in [-0.39, 0.29) is 29.8 Å². The first-order valence-corrected chi connectivity index (χ1v) is 6.54. The van der Waals surface area contributed by atoms with E-state index < -0.39 is 0 Å². The molecular weight excluding hydrogens is 234 g/mol. The lowest BCUT2D eigenvalue weighted by molar-refractivity contribution is -0.144. The molecule has 0 saturated carbocycles. The van der Waals surface area contributed by atoms with Crippen LogP contribution in [0.15, 0.2) is 5.16 Å². The fourth-order valence-corrected chi connectivity index (χ4v) is 2.74. The van der Waals surface area contributed by atoms with Gasteiger partial charge in [0.2, 0.25) is 0 Å². The highest BCUT2D eigenvalue weighted by Gasteiger charge is 2.38. The molecule has 3 N–H and O–H groups in total. The summed E-state index contributed by atoms with van der Waals surface area (Å²) in [6.07, 6.45) is 3.26. The summed E-state index contributed by atoms with van der Waals surface area (Å²) in [7, 11) is 0. The molecule has 3 atom stereocenters. The topological polar surface area (TPSA) is 88.2 Å². The van der Waals surface area contributed by atoms with Crippen LogP contribution in [0.2, 0.25) is 0 Å². The number of carbonyl (C=O) groups is 1. The molecule has 0 aromatic heterocycles.